The molecule has 0 saturated carbocycles. The van der Waals surface area contributed by atoms with Crippen LogP contribution in [0.1, 0.15) is 0 Å². The van der Waals surface area contributed by atoms with E-state index in [0.29, 0.717) is 42.6 Å². The van der Waals surface area contributed by atoms with Gasteiger partial charge in [0.05, 0.1) is 12.1 Å². The number of benzene rings is 1. The molecule has 0 atom stereocenters. The third-order valence-electron chi connectivity index (χ3n) is 3.35. The monoisotopic (exact) mass is 325 g/mol. The van der Waals surface area contributed by atoms with E-state index < -0.39 is 11.8 Å². The van der Waals surface area contributed by atoms with Crippen LogP contribution in [0, 0.1) is 0 Å². The first-order valence-corrected chi connectivity index (χ1v) is 7.06. The average molecular weight is 326 g/mol. The van der Waals surface area contributed by atoms with E-state index in [9.17, 15) is 14.4 Å². The molecule has 1 aromatic carbocycles. The summed E-state index contributed by atoms with van der Waals surface area (Å²) in [4.78, 5) is 37.6. The van der Waals surface area contributed by atoms with E-state index in [1.54, 1.807) is 17.0 Å². The maximum Gasteiger partial charge on any atom is 0.313 e. The summed E-state index contributed by atoms with van der Waals surface area (Å²) in [5.41, 5.74) is 0.413. The predicted molar refractivity (Wildman–Crippen MR) is 80.9 cm³/mol. The zero-order valence-corrected chi connectivity index (χ0v) is 12.8. The van der Waals surface area contributed by atoms with Crippen molar-refractivity contribution in [3.8, 4) is 5.75 Å². The third kappa shape index (κ3) is 3.67. The molecule has 3 amide bonds. The predicted octanol–water partition coefficient (Wildman–Crippen LogP) is 0.588. The van der Waals surface area contributed by atoms with Crippen LogP contribution in [0.15, 0.2) is 18.2 Å². The van der Waals surface area contributed by atoms with Crippen molar-refractivity contribution in [2.75, 3.05) is 38.6 Å². The minimum absolute atomic E-state index is 0.340. The second kappa shape index (κ2) is 7.13. The highest BCUT2D eigenvalue weighted by Gasteiger charge is 2.25. The van der Waals surface area contributed by atoms with E-state index in [2.05, 4.69) is 5.32 Å². The van der Waals surface area contributed by atoms with Crippen molar-refractivity contribution in [2.24, 2.45) is 0 Å². The molecule has 7 nitrogen and oxygen atoms in total. The van der Waals surface area contributed by atoms with Gasteiger partial charge in [0.15, 0.2) is 0 Å². The molecular formula is C14H16ClN3O4. The van der Waals surface area contributed by atoms with Gasteiger partial charge in [-0.2, -0.15) is 0 Å². The number of rotatable bonds is 3. The van der Waals surface area contributed by atoms with Crippen molar-refractivity contribution in [3.63, 3.8) is 0 Å². The van der Waals surface area contributed by atoms with Gasteiger partial charge in [-0.1, -0.05) is 11.6 Å². The molecule has 1 fully saturated rings. The minimum Gasteiger partial charge on any atom is -0.495 e. The molecule has 0 bridgehead atoms. The van der Waals surface area contributed by atoms with Gasteiger partial charge in [-0.15, -0.1) is 0 Å². The SMILES string of the molecule is COc1ccc(NC(=O)C(=O)N2CCN(C=O)CC2)cc1Cl. The maximum atomic E-state index is 12.1. The molecule has 0 radical (unpaired) electrons. The molecule has 1 saturated heterocycles. The number of piperazine rings is 1. The molecule has 1 aliphatic heterocycles. The Morgan fingerprint density at radius 2 is 1.95 bits per heavy atom. The van der Waals surface area contributed by atoms with Crippen LogP contribution in [0.2, 0.25) is 5.02 Å². The number of nitrogens with one attached hydrogen (secondary N) is 1. The van der Waals surface area contributed by atoms with Gasteiger partial charge in [-0.05, 0) is 18.2 Å². The Balaban J connectivity index is 1.95. The molecule has 22 heavy (non-hydrogen) atoms. The molecule has 2 rings (SSSR count). The smallest absolute Gasteiger partial charge is 0.313 e. The number of methoxy groups -OCH3 is 1. The summed E-state index contributed by atoms with van der Waals surface area (Å²) in [6, 6.07) is 4.71. The van der Waals surface area contributed by atoms with Crippen LogP contribution in [-0.4, -0.2) is 61.3 Å². The van der Waals surface area contributed by atoms with E-state index in [1.807, 2.05) is 0 Å². The van der Waals surface area contributed by atoms with Crippen molar-refractivity contribution in [2.45, 2.75) is 0 Å². The Kier molecular flexibility index (Phi) is 5.21. The Morgan fingerprint density at radius 1 is 1.27 bits per heavy atom. The molecule has 0 aromatic heterocycles. The van der Waals surface area contributed by atoms with Crippen LogP contribution < -0.4 is 10.1 Å². The van der Waals surface area contributed by atoms with E-state index in [0.717, 1.165) is 6.41 Å². The Morgan fingerprint density at radius 3 is 2.50 bits per heavy atom. The molecule has 1 N–H and O–H groups in total. The molecule has 0 unspecified atom stereocenters. The lowest BCUT2D eigenvalue weighted by Gasteiger charge is -2.31. The van der Waals surface area contributed by atoms with E-state index in [1.165, 1.54) is 18.1 Å². The molecular weight excluding hydrogens is 310 g/mol. The Bertz CT molecular complexity index is 585. The number of halogens is 1. The summed E-state index contributed by atoms with van der Waals surface area (Å²) in [5.74, 6) is -0.880. The number of carbonyl (C=O) groups excluding carboxylic acids is 3. The van der Waals surface area contributed by atoms with Crippen LogP contribution in [-0.2, 0) is 14.4 Å². The summed E-state index contributed by atoms with van der Waals surface area (Å²) in [7, 11) is 1.49. The fourth-order valence-electron chi connectivity index (χ4n) is 2.10. The van der Waals surface area contributed by atoms with Crippen LogP contribution in [0.3, 0.4) is 0 Å². The highest BCUT2D eigenvalue weighted by Crippen LogP contribution is 2.27. The highest BCUT2D eigenvalue weighted by molar-refractivity contribution is 6.39. The van der Waals surface area contributed by atoms with Gasteiger partial charge >= 0.3 is 11.8 Å². The number of amides is 3. The summed E-state index contributed by atoms with van der Waals surface area (Å²) in [6.45, 7) is 1.54. The van der Waals surface area contributed by atoms with E-state index in [4.69, 9.17) is 16.3 Å². The number of carbonyl (C=O) groups is 3. The number of anilines is 1. The summed E-state index contributed by atoms with van der Waals surface area (Å²) in [5, 5.41) is 2.84. The highest BCUT2D eigenvalue weighted by atomic mass is 35.5. The second-order valence-corrected chi connectivity index (χ2v) is 5.14. The summed E-state index contributed by atoms with van der Waals surface area (Å²) < 4.78 is 5.02. The first-order chi connectivity index (χ1) is 10.5. The van der Waals surface area contributed by atoms with Crippen LogP contribution in [0.4, 0.5) is 5.69 Å². The van der Waals surface area contributed by atoms with E-state index in [-0.39, 0.29) is 0 Å². The number of ether oxygens (including phenoxy) is 1. The number of hydrogen-bond acceptors (Lipinski definition) is 4. The van der Waals surface area contributed by atoms with Gasteiger partial charge in [0.25, 0.3) is 0 Å². The zero-order valence-electron chi connectivity index (χ0n) is 12.0. The van der Waals surface area contributed by atoms with E-state index >= 15 is 0 Å². The quantitative estimate of drug-likeness (QED) is 0.651. The first kappa shape index (κ1) is 16.1. The van der Waals surface area contributed by atoms with Crippen LogP contribution in [0.25, 0.3) is 0 Å². The topological polar surface area (TPSA) is 79.0 Å². The minimum atomic E-state index is -0.735. The van der Waals surface area contributed by atoms with Crippen molar-refractivity contribution in [1.29, 1.82) is 0 Å². The Labute approximate surface area is 132 Å². The lowest BCUT2D eigenvalue weighted by atomic mass is 10.3. The van der Waals surface area contributed by atoms with Crippen molar-refractivity contribution >= 4 is 35.5 Å². The third-order valence-corrected chi connectivity index (χ3v) is 3.65. The summed E-state index contributed by atoms with van der Waals surface area (Å²) in [6.07, 6.45) is 0.737. The largest absolute Gasteiger partial charge is 0.495 e. The molecule has 0 spiro atoms. The lowest BCUT2D eigenvalue weighted by Crippen LogP contribution is -2.51. The van der Waals surface area contributed by atoms with Gasteiger partial charge in [0, 0.05) is 31.9 Å². The number of hydrogen-bond donors (Lipinski definition) is 1. The summed E-state index contributed by atoms with van der Waals surface area (Å²) >= 11 is 5.96. The maximum absolute atomic E-state index is 12.1. The van der Waals surface area contributed by atoms with Crippen LogP contribution in [0.5, 0.6) is 5.75 Å². The molecule has 118 valence electrons. The normalized spacial score (nSPS) is 14.5. The average Bonchev–Trinajstić information content (AvgIpc) is 2.54. The van der Waals surface area contributed by atoms with Crippen molar-refractivity contribution in [3.05, 3.63) is 23.2 Å². The molecule has 0 aliphatic carbocycles. The number of nitrogens with zero attached hydrogens (tertiary/aromatic N) is 2. The molecule has 1 aromatic rings. The molecule has 1 heterocycles. The molecule has 1 aliphatic rings. The lowest BCUT2D eigenvalue weighted by molar-refractivity contribution is -0.144. The first-order valence-electron chi connectivity index (χ1n) is 6.68. The van der Waals surface area contributed by atoms with Gasteiger partial charge in [-0.3, -0.25) is 14.4 Å². The van der Waals surface area contributed by atoms with Gasteiger partial charge in [0.1, 0.15) is 5.75 Å². The standard InChI is InChI=1S/C14H16ClN3O4/c1-22-12-3-2-10(8-11(12)15)16-13(20)14(21)18-6-4-17(9-19)5-7-18/h2-3,8-9H,4-7H2,1H3,(H,16,20). The zero-order chi connectivity index (χ0) is 16.1. The van der Waals surface area contributed by atoms with Gasteiger partial charge < -0.3 is 19.9 Å². The second-order valence-electron chi connectivity index (χ2n) is 4.74. The fourth-order valence-corrected chi connectivity index (χ4v) is 2.36. The fraction of sp³-hybridized carbons (Fsp3) is 0.357. The van der Waals surface area contributed by atoms with Crippen molar-refractivity contribution in [1.82, 2.24) is 9.80 Å². The van der Waals surface area contributed by atoms with Crippen LogP contribution >= 0.6 is 11.6 Å². The van der Waals surface area contributed by atoms with Gasteiger partial charge in [-0.25, -0.2) is 0 Å². The van der Waals surface area contributed by atoms with Crippen molar-refractivity contribution < 1.29 is 19.1 Å². The Hall–Kier alpha value is -2.28. The molecule has 8 heteroatoms. The van der Waals surface area contributed by atoms with Gasteiger partial charge in [0.2, 0.25) is 6.41 Å².